The van der Waals surface area contributed by atoms with Crippen molar-refractivity contribution in [1.82, 2.24) is 4.90 Å². The number of rotatable bonds is 1. The molecule has 1 fully saturated rings. The molecule has 0 radical (unpaired) electrons. The molecule has 0 spiro atoms. The number of β-amino-alcohol motifs (C(OH)–C–C–N with tert-alkyl or cyclic N) is 1. The van der Waals surface area contributed by atoms with E-state index in [-0.39, 0.29) is 6.10 Å². The van der Waals surface area contributed by atoms with Gasteiger partial charge in [-0.2, -0.15) is 0 Å². The SMILES string of the molecule is Cc1cc(N2CCN(C)CC(O)C2)ccc1N. The van der Waals surface area contributed by atoms with E-state index in [9.17, 15) is 5.11 Å². The average Bonchev–Trinajstić information content (AvgIpc) is 2.43. The van der Waals surface area contributed by atoms with Crippen molar-refractivity contribution in [2.24, 2.45) is 0 Å². The maximum Gasteiger partial charge on any atom is 0.0841 e. The van der Waals surface area contributed by atoms with Crippen LogP contribution in [0.15, 0.2) is 18.2 Å². The van der Waals surface area contributed by atoms with Crippen LogP contribution in [0.1, 0.15) is 5.56 Å². The van der Waals surface area contributed by atoms with Crippen LogP contribution in [0.25, 0.3) is 0 Å². The lowest BCUT2D eigenvalue weighted by Crippen LogP contribution is -2.32. The first-order chi connectivity index (χ1) is 8.06. The third kappa shape index (κ3) is 2.90. The number of hydrogen-bond donors (Lipinski definition) is 2. The Bertz CT molecular complexity index is 394. The van der Waals surface area contributed by atoms with E-state index >= 15 is 0 Å². The first kappa shape index (κ1) is 12.2. The number of nitrogens with zero attached hydrogens (tertiary/aromatic N) is 2. The molecule has 1 aromatic carbocycles. The van der Waals surface area contributed by atoms with E-state index in [1.54, 1.807) is 0 Å². The number of nitrogen functional groups attached to an aromatic ring is 1. The Morgan fingerprint density at radius 1 is 1.29 bits per heavy atom. The Balaban J connectivity index is 2.17. The first-order valence-electron chi connectivity index (χ1n) is 6.04. The van der Waals surface area contributed by atoms with Gasteiger partial charge in [0.15, 0.2) is 0 Å². The van der Waals surface area contributed by atoms with Crippen LogP contribution in [0, 0.1) is 6.92 Å². The van der Waals surface area contributed by atoms with Gasteiger partial charge in [0.1, 0.15) is 0 Å². The summed E-state index contributed by atoms with van der Waals surface area (Å²) in [5.41, 5.74) is 8.88. The number of anilines is 2. The van der Waals surface area contributed by atoms with E-state index in [0.29, 0.717) is 6.54 Å². The van der Waals surface area contributed by atoms with Crippen LogP contribution in [0.5, 0.6) is 0 Å². The van der Waals surface area contributed by atoms with E-state index in [0.717, 1.165) is 36.6 Å². The zero-order valence-electron chi connectivity index (χ0n) is 10.6. The predicted octanol–water partition coefficient (Wildman–Crippen LogP) is 0.690. The zero-order chi connectivity index (χ0) is 12.4. The highest BCUT2D eigenvalue weighted by molar-refractivity contribution is 5.58. The second-order valence-corrected chi connectivity index (χ2v) is 4.90. The topological polar surface area (TPSA) is 52.7 Å². The molecular formula is C13H21N3O. The number of aryl methyl sites for hydroxylation is 1. The highest BCUT2D eigenvalue weighted by atomic mass is 16.3. The van der Waals surface area contributed by atoms with Gasteiger partial charge in [0.2, 0.25) is 0 Å². The van der Waals surface area contributed by atoms with Gasteiger partial charge in [0.25, 0.3) is 0 Å². The molecule has 4 nitrogen and oxygen atoms in total. The van der Waals surface area contributed by atoms with E-state index in [2.05, 4.69) is 15.9 Å². The molecule has 1 aromatic rings. The van der Waals surface area contributed by atoms with Crippen molar-refractivity contribution in [3.05, 3.63) is 23.8 Å². The van der Waals surface area contributed by atoms with Gasteiger partial charge in [-0.15, -0.1) is 0 Å². The van der Waals surface area contributed by atoms with Crippen LogP contribution in [0.2, 0.25) is 0 Å². The molecule has 0 amide bonds. The Labute approximate surface area is 103 Å². The molecule has 1 heterocycles. The summed E-state index contributed by atoms with van der Waals surface area (Å²) < 4.78 is 0. The predicted molar refractivity (Wildman–Crippen MR) is 71.3 cm³/mol. The summed E-state index contributed by atoms with van der Waals surface area (Å²) in [5, 5.41) is 9.91. The van der Waals surface area contributed by atoms with Gasteiger partial charge in [-0.3, -0.25) is 0 Å². The van der Waals surface area contributed by atoms with Crippen LogP contribution in [0.3, 0.4) is 0 Å². The van der Waals surface area contributed by atoms with Gasteiger partial charge in [0.05, 0.1) is 6.10 Å². The van der Waals surface area contributed by atoms with Crippen molar-refractivity contribution < 1.29 is 5.11 Å². The zero-order valence-corrected chi connectivity index (χ0v) is 10.6. The minimum Gasteiger partial charge on any atom is -0.399 e. The first-order valence-corrected chi connectivity index (χ1v) is 6.04. The van der Waals surface area contributed by atoms with Gasteiger partial charge in [0, 0.05) is 37.6 Å². The summed E-state index contributed by atoms with van der Waals surface area (Å²) in [7, 11) is 2.04. The third-order valence-corrected chi connectivity index (χ3v) is 3.32. The molecule has 1 aliphatic heterocycles. The van der Waals surface area contributed by atoms with Gasteiger partial charge in [-0.25, -0.2) is 0 Å². The lowest BCUT2D eigenvalue weighted by atomic mass is 10.1. The number of nitrogens with two attached hydrogens (primary N) is 1. The molecule has 1 saturated heterocycles. The number of likely N-dealkylation sites (N-methyl/N-ethyl adjacent to an activating group) is 1. The van der Waals surface area contributed by atoms with Gasteiger partial charge in [-0.05, 0) is 37.7 Å². The van der Waals surface area contributed by atoms with Crippen LogP contribution in [-0.4, -0.2) is 49.3 Å². The molecule has 1 aliphatic rings. The van der Waals surface area contributed by atoms with Crippen molar-refractivity contribution >= 4 is 11.4 Å². The highest BCUT2D eigenvalue weighted by Crippen LogP contribution is 2.21. The normalized spacial score (nSPS) is 22.5. The summed E-state index contributed by atoms with van der Waals surface area (Å²) in [6.07, 6.45) is -0.291. The maximum absolute atomic E-state index is 9.91. The smallest absolute Gasteiger partial charge is 0.0841 e. The van der Waals surface area contributed by atoms with Crippen molar-refractivity contribution in [2.75, 3.05) is 43.9 Å². The minimum atomic E-state index is -0.291. The maximum atomic E-state index is 9.91. The van der Waals surface area contributed by atoms with Crippen molar-refractivity contribution in [2.45, 2.75) is 13.0 Å². The average molecular weight is 235 g/mol. The van der Waals surface area contributed by atoms with E-state index < -0.39 is 0 Å². The molecule has 1 atom stereocenters. The Morgan fingerprint density at radius 2 is 2.06 bits per heavy atom. The van der Waals surface area contributed by atoms with Crippen LogP contribution in [0.4, 0.5) is 11.4 Å². The summed E-state index contributed by atoms with van der Waals surface area (Å²) in [6.45, 7) is 5.36. The Morgan fingerprint density at radius 3 is 2.76 bits per heavy atom. The molecule has 0 saturated carbocycles. The molecule has 0 aliphatic carbocycles. The molecule has 3 N–H and O–H groups in total. The molecule has 94 valence electrons. The molecule has 0 bridgehead atoms. The molecule has 4 heteroatoms. The van der Waals surface area contributed by atoms with Crippen molar-refractivity contribution in [3.8, 4) is 0 Å². The number of hydrogen-bond acceptors (Lipinski definition) is 4. The second-order valence-electron chi connectivity index (χ2n) is 4.90. The molecule has 2 rings (SSSR count). The number of aliphatic hydroxyl groups excluding tert-OH is 1. The molecule has 0 aromatic heterocycles. The van der Waals surface area contributed by atoms with Crippen LogP contribution >= 0.6 is 0 Å². The summed E-state index contributed by atoms with van der Waals surface area (Å²) >= 11 is 0. The Hall–Kier alpha value is -1.26. The molecule has 1 unspecified atom stereocenters. The number of benzene rings is 1. The summed E-state index contributed by atoms with van der Waals surface area (Å²) in [5.74, 6) is 0. The third-order valence-electron chi connectivity index (χ3n) is 3.32. The van der Waals surface area contributed by atoms with E-state index in [1.165, 1.54) is 0 Å². The van der Waals surface area contributed by atoms with Gasteiger partial charge < -0.3 is 20.6 Å². The molecular weight excluding hydrogens is 214 g/mol. The Kier molecular flexibility index (Phi) is 3.54. The lowest BCUT2D eigenvalue weighted by Gasteiger charge is -2.24. The fraction of sp³-hybridized carbons (Fsp3) is 0.538. The minimum absolute atomic E-state index is 0.291. The van der Waals surface area contributed by atoms with Crippen molar-refractivity contribution in [1.29, 1.82) is 0 Å². The summed E-state index contributed by atoms with van der Waals surface area (Å²) in [6, 6.07) is 6.05. The van der Waals surface area contributed by atoms with Crippen LogP contribution in [-0.2, 0) is 0 Å². The van der Waals surface area contributed by atoms with Gasteiger partial charge in [-0.1, -0.05) is 0 Å². The van der Waals surface area contributed by atoms with E-state index in [1.807, 2.05) is 26.1 Å². The second kappa shape index (κ2) is 4.94. The molecule has 17 heavy (non-hydrogen) atoms. The van der Waals surface area contributed by atoms with Gasteiger partial charge >= 0.3 is 0 Å². The van der Waals surface area contributed by atoms with E-state index in [4.69, 9.17) is 5.73 Å². The monoisotopic (exact) mass is 235 g/mol. The fourth-order valence-electron chi connectivity index (χ4n) is 2.24. The van der Waals surface area contributed by atoms with Crippen molar-refractivity contribution in [3.63, 3.8) is 0 Å². The largest absolute Gasteiger partial charge is 0.399 e. The highest BCUT2D eigenvalue weighted by Gasteiger charge is 2.19. The van der Waals surface area contributed by atoms with Crippen LogP contribution < -0.4 is 10.6 Å². The number of aliphatic hydroxyl groups is 1. The standard InChI is InChI=1S/C13H21N3O/c1-10-7-11(3-4-13(10)14)16-6-5-15(2)8-12(17)9-16/h3-4,7,12,17H,5-6,8-9,14H2,1-2H3. The quantitative estimate of drug-likeness (QED) is 0.703. The summed E-state index contributed by atoms with van der Waals surface area (Å²) in [4.78, 5) is 4.38. The lowest BCUT2D eigenvalue weighted by molar-refractivity contribution is 0.145. The fourth-order valence-corrected chi connectivity index (χ4v) is 2.24.